The predicted molar refractivity (Wildman–Crippen MR) is 44.4 cm³/mol. The SMILES string of the molecule is CCC1(CC)SC=NC1=O. The lowest BCUT2D eigenvalue weighted by atomic mass is 10.0. The second kappa shape index (κ2) is 2.74. The fourth-order valence-electron chi connectivity index (χ4n) is 1.06. The van der Waals surface area contributed by atoms with Crippen LogP contribution in [0.25, 0.3) is 0 Å². The third-order valence-electron chi connectivity index (χ3n) is 1.98. The first kappa shape index (κ1) is 7.79. The van der Waals surface area contributed by atoms with Crippen molar-refractivity contribution in [3.63, 3.8) is 0 Å². The Morgan fingerprint density at radius 1 is 1.60 bits per heavy atom. The van der Waals surface area contributed by atoms with Crippen molar-refractivity contribution in [2.45, 2.75) is 31.4 Å². The Labute approximate surface area is 65.1 Å². The van der Waals surface area contributed by atoms with Gasteiger partial charge in [-0.3, -0.25) is 4.79 Å². The van der Waals surface area contributed by atoms with Gasteiger partial charge in [-0.25, -0.2) is 4.99 Å². The van der Waals surface area contributed by atoms with Crippen molar-refractivity contribution < 1.29 is 4.79 Å². The van der Waals surface area contributed by atoms with Gasteiger partial charge >= 0.3 is 0 Å². The summed E-state index contributed by atoms with van der Waals surface area (Å²) in [6.45, 7) is 4.06. The standard InChI is InChI=1S/C7H11NOS/c1-3-7(4-2)6(9)8-5-10-7/h5H,3-4H2,1-2H3. The molecule has 0 N–H and O–H groups in total. The molecule has 0 aromatic rings. The van der Waals surface area contributed by atoms with Crippen molar-refractivity contribution in [3.05, 3.63) is 0 Å². The molecule has 1 aliphatic heterocycles. The Morgan fingerprint density at radius 3 is 2.40 bits per heavy atom. The molecule has 1 rings (SSSR count). The first-order valence-corrected chi connectivity index (χ1v) is 4.38. The minimum absolute atomic E-state index is 0.0440. The summed E-state index contributed by atoms with van der Waals surface area (Å²) in [6.07, 6.45) is 1.76. The zero-order chi connectivity index (χ0) is 7.61. The maximum Gasteiger partial charge on any atom is 0.262 e. The van der Waals surface area contributed by atoms with Gasteiger partial charge in [0.15, 0.2) is 0 Å². The van der Waals surface area contributed by atoms with E-state index in [-0.39, 0.29) is 10.7 Å². The molecule has 0 unspecified atom stereocenters. The predicted octanol–water partition coefficient (Wildman–Crippen LogP) is 1.85. The van der Waals surface area contributed by atoms with Crippen LogP contribution in [0, 0.1) is 0 Å². The van der Waals surface area contributed by atoms with Crippen LogP contribution in [0.1, 0.15) is 26.7 Å². The first-order chi connectivity index (χ1) is 4.75. The third kappa shape index (κ3) is 0.985. The van der Waals surface area contributed by atoms with Crippen molar-refractivity contribution in [2.75, 3.05) is 0 Å². The van der Waals surface area contributed by atoms with Gasteiger partial charge in [0.1, 0.15) is 4.75 Å². The highest BCUT2D eigenvalue weighted by Gasteiger charge is 2.37. The Kier molecular flexibility index (Phi) is 2.14. The van der Waals surface area contributed by atoms with Crippen LogP contribution in [0.2, 0.25) is 0 Å². The lowest BCUT2D eigenvalue weighted by Gasteiger charge is -2.19. The average Bonchev–Trinajstić information content (AvgIpc) is 2.32. The van der Waals surface area contributed by atoms with Crippen molar-refractivity contribution in [3.8, 4) is 0 Å². The number of thioether (sulfide) groups is 1. The maximum atomic E-state index is 11.1. The van der Waals surface area contributed by atoms with E-state index in [2.05, 4.69) is 4.99 Å². The van der Waals surface area contributed by atoms with Crippen LogP contribution in [-0.2, 0) is 4.79 Å². The molecule has 10 heavy (non-hydrogen) atoms. The van der Waals surface area contributed by atoms with E-state index in [0.29, 0.717) is 0 Å². The molecule has 0 spiro atoms. The first-order valence-electron chi connectivity index (χ1n) is 3.50. The highest BCUT2D eigenvalue weighted by atomic mass is 32.2. The van der Waals surface area contributed by atoms with E-state index < -0.39 is 0 Å². The molecule has 3 heteroatoms. The van der Waals surface area contributed by atoms with Crippen LogP contribution in [0.15, 0.2) is 4.99 Å². The topological polar surface area (TPSA) is 29.4 Å². The molecule has 1 amide bonds. The molecule has 56 valence electrons. The molecule has 0 saturated carbocycles. The third-order valence-corrected chi connectivity index (χ3v) is 3.39. The number of rotatable bonds is 2. The fraction of sp³-hybridized carbons (Fsp3) is 0.714. The van der Waals surface area contributed by atoms with Crippen LogP contribution in [-0.4, -0.2) is 16.2 Å². The summed E-state index contributed by atoms with van der Waals surface area (Å²) in [5.74, 6) is 0.0440. The Hall–Kier alpha value is -0.310. The number of carbonyl (C=O) groups excluding carboxylic acids is 1. The monoisotopic (exact) mass is 157 g/mol. The summed E-state index contributed by atoms with van der Waals surface area (Å²) < 4.78 is -0.208. The van der Waals surface area contributed by atoms with Crippen LogP contribution in [0.4, 0.5) is 0 Å². The van der Waals surface area contributed by atoms with Gasteiger partial charge in [0.25, 0.3) is 5.91 Å². The van der Waals surface area contributed by atoms with E-state index in [1.165, 1.54) is 0 Å². The van der Waals surface area contributed by atoms with Crippen molar-refractivity contribution in [1.82, 2.24) is 0 Å². The molecule has 1 heterocycles. The van der Waals surface area contributed by atoms with Crippen molar-refractivity contribution in [2.24, 2.45) is 4.99 Å². The molecule has 0 radical (unpaired) electrons. The van der Waals surface area contributed by atoms with Crippen LogP contribution in [0.3, 0.4) is 0 Å². The largest absolute Gasteiger partial charge is 0.271 e. The fourth-order valence-corrected chi connectivity index (χ4v) is 1.90. The number of amides is 1. The minimum atomic E-state index is -0.208. The molecule has 1 aliphatic rings. The molecule has 0 aliphatic carbocycles. The summed E-state index contributed by atoms with van der Waals surface area (Å²) in [7, 11) is 0. The molecule has 0 bridgehead atoms. The summed E-state index contributed by atoms with van der Waals surface area (Å²) in [6, 6.07) is 0. The van der Waals surface area contributed by atoms with E-state index in [4.69, 9.17) is 0 Å². The van der Waals surface area contributed by atoms with Crippen molar-refractivity contribution in [1.29, 1.82) is 0 Å². The Bertz CT molecular complexity index is 172. The van der Waals surface area contributed by atoms with Gasteiger partial charge in [0.2, 0.25) is 0 Å². The second-order valence-corrected chi connectivity index (χ2v) is 3.59. The van der Waals surface area contributed by atoms with E-state index in [1.807, 2.05) is 13.8 Å². The van der Waals surface area contributed by atoms with E-state index in [1.54, 1.807) is 17.3 Å². The average molecular weight is 157 g/mol. The summed E-state index contributed by atoms with van der Waals surface area (Å²) in [4.78, 5) is 14.9. The van der Waals surface area contributed by atoms with Gasteiger partial charge in [0, 0.05) is 0 Å². The molecule has 0 atom stereocenters. The van der Waals surface area contributed by atoms with Gasteiger partial charge in [-0.15, -0.1) is 0 Å². The highest BCUT2D eigenvalue weighted by molar-refractivity contribution is 8.14. The minimum Gasteiger partial charge on any atom is -0.271 e. The zero-order valence-corrected chi connectivity index (χ0v) is 7.07. The number of aliphatic imine (C=N–C) groups is 1. The lowest BCUT2D eigenvalue weighted by Crippen LogP contribution is -2.28. The molecule has 0 aromatic carbocycles. The van der Waals surface area contributed by atoms with Gasteiger partial charge in [-0.1, -0.05) is 25.6 Å². The quantitative estimate of drug-likeness (QED) is 0.612. The number of nitrogens with zero attached hydrogens (tertiary/aromatic N) is 1. The highest BCUT2D eigenvalue weighted by Crippen LogP contribution is 2.36. The molecule has 2 nitrogen and oxygen atoms in total. The zero-order valence-electron chi connectivity index (χ0n) is 6.26. The van der Waals surface area contributed by atoms with E-state index in [0.717, 1.165) is 12.8 Å². The Balaban J connectivity index is 2.76. The maximum absolute atomic E-state index is 11.1. The van der Waals surface area contributed by atoms with Gasteiger partial charge in [-0.2, -0.15) is 0 Å². The van der Waals surface area contributed by atoms with Crippen LogP contribution in [0.5, 0.6) is 0 Å². The molecule has 0 saturated heterocycles. The van der Waals surface area contributed by atoms with Crippen LogP contribution >= 0.6 is 11.8 Å². The Morgan fingerprint density at radius 2 is 2.20 bits per heavy atom. The summed E-state index contributed by atoms with van der Waals surface area (Å²) >= 11 is 1.56. The van der Waals surface area contributed by atoms with Gasteiger partial charge in [-0.05, 0) is 12.8 Å². The van der Waals surface area contributed by atoms with Crippen molar-refractivity contribution >= 4 is 23.2 Å². The number of hydrogen-bond acceptors (Lipinski definition) is 2. The summed E-state index contributed by atoms with van der Waals surface area (Å²) in [5.41, 5.74) is 1.66. The molecule has 0 aromatic heterocycles. The molecular weight excluding hydrogens is 146 g/mol. The number of hydrogen-bond donors (Lipinski definition) is 0. The van der Waals surface area contributed by atoms with E-state index in [9.17, 15) is 4.79 Å². The normalized spacial score (nSPS) is 22.0. The smallest absolute Gasteiger partial charge is 0.262 e. The van der Waals surface area contributed by atoms with E-state index >= 15 is 0 Å². The molecular formula is C7H11NOS. The molecule has 0 fully saturated rings. The van der Waals surface area contributed by atoms with Crippen LogP contribution < -0.4 is 0 Å². The van der Waals surface area contributed by atoms with Gasteiger partial charge < -0.3 is 0 Å². The second-order valence-electron chi connectivity index (χ2n) is 2.36. The number of carbonyl (C=O) groups is 1. The van der Waals surface area contributed by atoms with Gasteiger partial charge in [0.05, 0.1) is 5.55 Å². The lowest BCUT2D eigenvalue weighted by molar-refractivity contribution is -0.119. The summed E-state index contributed by atoms with van der Waals surface area (Å²) in [5, 5.41) is 0.